The maximum absolute atomic E-state index is 12.3. The molecule has 0 bridgehead atoms. The molecular weight excluding hydrogens is 364 g/mol. The minimum Gasteiger partial charge on any atom is -0.491 e. The van der Waals surface area contributed by atoms with Crippen LogP contribution in [0.1, 0.15) is 46.0 Å². The number of rotatable bonds is 9. The van der Waals surface area contributed by atoms with Gasteiger partial charge in [-0.15, -0.1) is 0 Å². The smallest absolute Gasteiger partial charge is 0.240 e. The molecule has 0 atom stereocenters. The molecular formula is C20H30N2O4S. The zero-order valence-electron chi connectivity index (χ0n) is 16.4. The SMILES string of the molecule is CC(C)Oc1cccc(N(CC(=O)NCCC2=CCCCC2)S(C)(=O)=O)c1. The van der Waals surface area contributed by atoms with Crippen LogP contribution >= 0.6 is 0 Å². The quantitative estimate of drug-likeness (QED) is 0.653. The van der Waals surface area contributed by atoms with Crippen LogP contribution in [0.3, 0.4) is 0 Å². The lowest BCUT2D eigenvalue weighted by molar-refractivity contribution is -0.119. The maximum Gasteiger partial charge on any atom is 0.240 e. The first-order valence-electron chi connectivity index (χ1n) is 9.45. The monoisotopic (exact) mass is 394 g/mol. The van der Waals surface area contributed by atoms with Crippen LogP contribution in [0.5, 0.6) is 5.75 Å². The second-order valence-corrected chi connectivity index (χ2v) is 9.05. The first-order valence-corrected chi connectivity index (χ1v) is 11.3. The summed E-state index contributed by atoms with van der Waals surface area (Å²) < 4.78 is 31.2. The van der Waals surface area contributed by atoms with Crippen molar-refractivity contribution >= 4 is 21.6 Å². The van der Waals surface area contributed by atoms with Crippen molar-refractivity contribution in [3.05, 3.63) is 35.9 Å². The average Bonchev–Trinajstić information content (AvgIpc) is 2.59. The Balaban J connectivity index is 2.00. The second-order valence-electron chi connectivity index (χ2n) is 7.14. The maximum atomic E-state index is 12.3. The van der Waals surface area contributed by atoms with Gasteiger partial charge in [-0.25, -0.2) is 8.42 Å². The predicted molar refractivity (Wildman–Crippen MR) is 109 cm³/mol. The number of ether oxygens (including phenoxy) is 1. The molecule has 0 heterocycles. The van der Waals surface area contributed by atoms with Crippen LogP contribution in [-0.4, -0.2) is 39.8 Å². The summed E-state index contributed by atoms with van der Waals surface area (Å²) in [6, 6.07) is 6.79. The minimum atomic E-state index is -3.60. The number of allylic oxidation sites excluding steroid dienone is 1. The molecule has 1 aliphatic rings. The molecule has 0 unspecified atom stereocenters. The van der Waals surface area contributed by atoms with Gasteiger partial charge in [0.25, 0.3) is 0 Å². The van der Waals surface area contributed by atoms with Crippen LogP contribution in [0.2, 0.25) is 0 Å². The van der Waals surface area contributed by atoms with E-state index < -0.39 is 10.0 Å². The van der Waals surface area contributed by atoms with Crippen LogP contribution in [0.15, 0.2) is 35.9 Å². The average molecular weight is 395 g/mol. The van der Waals surface area contributed by atoms with E-state index in [4.69, 9.17) is 4.74 Å². The van der Waals surface area contributed by atoms with Crippen molar-refractivity contribution in [2.24, 2.45) is 0 Å². The number of anilines is 1. The normalized spacial score (nSPS) is 14.6. The molecule has 7 heteroatoms. The third-order valence-electron chi connectivity index (χ3n) is 4.32. The molecule has 0 aromatic heterocycles. The van der Waals surface area contributed by atoms with Crippen molar-refractivity contribution < 1.29 is 17.9 Å². The molecule has 27 heavy (non-hydrogen) atoms. The summed E-state index contributed by atoms with van der Waals surface area (Å²) in [6.07, 6.45) is 8.79. The number of hydrogen-bond donors (Lipinski definition) is 1. The summed E-state index contributed by atoms with van der Waals surface area (Å²) in [5.74, 6) is 0.257. The Bertz CT molecular complexity index is 772. The highest BCUT2D eigenvalue weighted by atomic mass is 32.2. The molecule has 1 amide bonds. The van der Waals surface area contributed by atoms with Crippen molar-refractivity contribution in [2.75, 3.05) is 23.7 Å². The molecule has 150 valence electrons. The lowest BCUT2D eigenvalue weighted by Crippen LogP contribution is -2.40. The number of sulfonamides is 1. The van der Waals surface area contributed by atoms with Gasteiger partial charge in [0.15, 0.2) is 0 Å². The van der Waals surface area contributed by atoms with E-state index in [-0.39, 0.29) is 18.6 Å². The van der Waals surface area contributed by atoms with Gasteiger partial charge in [-0.05, 0) is 58.1 Å². The lowest BCUT2D eigenvalue weighted by Gasteiger charge is -2.23. The fraction of sp³-hybridized carbons (Fsp3) is 0.550. The van der Waals surface area contributed by atoms with E-state index in [0.29, 0.717) is 18.0 Å². The number of carbonyl (C=O) groups is 1. The predicted octanol–water partition coefficient (Wildman–Crippen LogP) is 3.25. The molecule has 1 N–H and O–H groups in total. The molecule has 1 aromatic rings. The Hall–Kier alpha value is -2.02. The van der Waals surface area contributed by atoms with Gasteiger partial charge < -0.3 is 10.1 Å². The molecule has 1 aliphatic carbocycles. The van der Waals surface area contributed by atoms with E-state index >= 15 is 0 Å². The van der Waals surface area contributed by atoms with Gasteiger partial charge in [0, 0.05) is 12.6 Å². The largest absolute Gasteiger partial charge is 0.491 e. The summed E-state index contributed by atoms with van der Waals surface area (Å²) in [5.41, 5.74) is 1.79. The number of amides is 1. The van der Waals surface area contributed by atoms with Crippen LogP contribution in [0, 0.1) is 0 Å². The summed E-state index contributed by atoms with van der Waals surface area (Å²) in [6.45, 7) is 4.08. The minimum absolute atomic E-state index is 0.0238. The Kier molecular flexibility index (Phi) is 7.71. The van der Waals surface area contributed by atoms with Crippen LogP contribution in [-0.2, 0) is 14.8 Å². The van der Waals surface area contributed by atoms with Crippen LogP contribution in [0.4, 0.5) is 5.69 Å². The van der Waals surface area contributed by atoms with Gasteiger partial charge in [0.05, 0.1) is 18.0 Å². The Morgan fingerprint density at radius 2 is 2.07 bits per heavy atom. The first-order chi connectivity index (χ1) is 12.8. The lowest BCUT2D eigenvalue weighted by atomic mass is 9.97. The van der Waals surface area contributed by atoms with Gasteiger partial charge in [-0.2, -0.15) is 0 Å². The van der Waals surface area contributed by atoms with Crippen LogP contribution < -0.4 is 14.4 Å². The van der Waals surface area contributed by atoms with E-state index in [0.717, 1.165) is 29.8 Å². The summed E-state index contributed by atoms with van der Waals surface area (Å²) >= 11 is 0. The highest BCUT2D eigenvalue weighted by molar-refractivity contribution is 7.92. The summed E-state index contributed by atoms with van der Waals surface area (Å²) in [4.78, 5) is 12.3. The molecule has 0 saturated carbocycles. The molecule has 6 nitrogen and oxygen atoms in total. The van der Waals surface area contributed by atoms with Gasteiger partial charge in [0.2, 0.25) is 15.9 Å². The zero-order chi connectivity index (χ0) is 19.9. The zero-order valence-corrected chi connectivity index (χ0v) is 17.2. The van der Waals surface area contributed by atoms with Gasteiger partial charge in [-0.3, -0.25) is 9.10 Å². The van der Waals surface area contributed by atoms with Gasteiger partial charge in [-0.1, -0.05) is 17.7 Å². The number of nitrogens with zero attached hydrogens (tertiary/aromatic N) is 1. The summed E-state index contributed by atoms with van der Waals surface area (Å²) in [5, 5.41) is 2.83. The standard InChI is InChI=1S/C20H30N2O4S/c1-16(2)26-19-11-7-10-18(14-19)22(27(3,24)25)15-20(23)21-13-12-17-8-5-4-6-9-17/h7-8,10-11,14,16H,4-6,9,12-13,15H2,1-3H3,(H,21,23). The number of carbonyl (C=O) groups excluding carboxylic acids is 1. The molecule has 0 fully saturated rings. The number of nitrogens with one attached hydrogen (secondary N) is 1. The Morgan fingerprint density at radius 1 is 1.30 bits per heavy atom. The second kappa shape index (κ2) is 9.78. The van der Waals surface area contributed by atoms with Crippen molar-refractivity contribution in [1.29, 1.82) is 0 Å². The fourth-order valence-electron chi connectivity index (χ4n) is 3.06. The molecule has 0 aliphatic heterocycles. The van der Waals surface area contributed by atoms with Crippen molar-refractivity contribution in [3.63, 3.8) is 0 Å². The Morgan fingerprint density at radius 3 is 2.70 bits per heavy atom. The molecule has 0 radical (unpaired) electrons. The molecule has 0 spiro atoms. The first kappa shape index (κ1) is 21.3. The number of benzene rings is 1. The van der Waals surface area contributed by atoms with Crippen molar-refractivity contribution in [1.82, 2.24) is 5.32 Å². The molecule has 0 saturated heterocycles. The number of hydrogen-bond acceptors (Lipinski definition) is 4. The van der Waals surface area contributed by atoms with E-state index in [1.807, 2.05) is 13.8 Å². The topological polar surface area (TPSA) is 75.7 Å². The van der Waals surface area contributed by atoms with E-state index in [1.165, 1.54) is 18.4 Å². The summed E-state index contributed by atoms with van der Waals surface area (Å²) in [7, 11) is -3.60. The van der Waals surface area contributed by atoms with E-state index in [9.17, 15) is 13.2 Å². The molecule has 2 rings (SSSR count). The highest BCUT2D eigenvalue weighted by Crippen LogP contribution is 2.24. The van der Waals surface area contributed by atoms with E-state index in [1.54, 1.807) is 24.3 Å². The van der Waals surface area contributed by atoms with Gasteiger partial charge >= 0.3 is 0 Å². The molecule has 1 aromatic carbocycles. The highest BCUT2D eigenvalue weighted by Gasteiger charge is 2.21. The van der Waals surface area contributed by atoms with Crippen LogP contribution in [0.25, 0.3) is 0 Å². The third-order valence-corrected chi connectivity index (χ3v) is 5.46. The van der Waals surface area contributed by atoms with Gasteiger partial charge in [0.1, 0.15) is 12.3 Å². The van der Waals surface area contributed by atoms with Crippen molar-refractivity contribution in [2.45, 2.75) is 52.1 Å². The van der Waals surface area contributed by atoms with E-state index in [2.05, 4.69) is 11.4 Å². The fourth-order valence-corrected chi connectivity index (χ4v) is 3.91. The van der Waals surface area contributed by atoms with Crippen molar-refractivity contribution in [3.8, 4) is 5.75 Å². The third kappa shape index (κ3) is 7.25. The Labute approximate surface area is 162 Å².